The van der Waals surface area contributed by atoms with E-state index in [1.165, 1.54) is 0 Å². The predicted molar refractivity (Wildman–Crippen MR) is 61.8 cm³/mol. The number of hydrogen-bond donors (Lipinski definition) is 1. The molecule has 6 nitrogen and oxygen atoms in total. The molecular formula is C11H21NO5. The van der Waals surface area contributed by atoms with E-state index in [4.69, 9.17) is 4.74 Å². The van der Waals surface area contributed by atoms with Gasteiger partial charge in [-0.2, -0.15) is 0 Å². The Hall–Kier alpha value is -1.46. The van der Waals surface area contributed by atoms with E-state index < -0.39 is 17.8 Å². The lowest BCUT2D eigenvalue weighted by molar-refractivity contribution is -0.00527. The van der Waals surface area contributed by atoms with Gasteiger partial charge >= 0.3 is 12.2 Å². The number of amides is 1. The monoisotopic (exact) mass is 247 g/mol. The molecular weight excluding hydrogens is 226 g/mol. The van der Waals surface area contributed by atoms with Crippen molar-refractivity contribution in [2.45, 2.75) is 46.3 Å². The molecule has 0 unspecified atom stereocenters. The van der Waals surface area contributed by atoms with E-state index in [0.29, 0.717) is 0 Å². The molecule has 0 aromatic heterocycles. The second kappa shape index (κ2) is 6.98. The van der Waals surface area contributed by atoms with Gasteiger partial charge in [-0.15, -0.1) is 0 Å². The van der Waals surface area contributed by atoms with E-state index in [0.717, 1.165) is 0 Å². The molecule has 0 aromatic carbocycles. The van der Waals surface area contributed by atoms with Crippen LogP contribution in [0.3, 0.4) is 0 Å². The molecule has 6 heteroatoms. The number of nitrogens with one attached hydrogen (secondary N) is 1. The van der Waals surface area contributed by atoms with Crippen LogP contribution < -0.4 is 5.32 Å². The Labute approximate surface area is 102 Å². The van der Waals surface area contributed by atoms with Gasteiger partial charge in [0.15, 0.2) is 0 Å². The topological polar surface area (TPSA) is 73.9 Å². The summed E-state index contributed by atoms with van der Waals surface area (Å²) < 4.78 is 14.2. The van der Waals surface area contributed by atoms with Crippen molar-refractivity contribution in [3.8, 4) is 0 Å². The molecule has 17 heavy (non-hydrogen) atoms. The summed E-state index contributed by atoms with van der Waals surface area (Å²) in [7, 11) is 0. The molecule has 1 heterocycles. The molecule has 0 aromatic rings. The van der Waals surface area contributed by atoms with E-state index in [1.54, 1.807) is 20.8 Å². The van der Waals surface area contributed by atoms with E-state index in [-0.39, 0.29) is 19.3 Å². The average Bonchev–Trinajstić information content (AvgIpc) is 2.22. The number of carbonyl (C=O) groups excluding carboxylic acids is 2. The van der Waals surface area contributed by atoms with Gasteiger partial charge in [-0.05, 0) is 20.8 Å². The smallest absolute Gasteiger partial charge is 0.444 e. The van der Waals surface area contributed by atoms with Gasteiger partial charge in [0.25, 0.3) is 0 Å². The highest BCUT2D eigenvalue weighted by Crippen LogP contribution is 2.07. The molecule has 0 aliphatic carbocycles. The highest BCUT2D eigenvalue weighted by molar-refractivity contribution is 5.68. The zero-order valence-electron chi connectivity index (χ0n) is 11.0. The Morgan fingerprint density at radius 2 is 1.76 bits per heavy atom. The summed E-state index contributed by atoms with van der Waals surface area (Å²) in [5.41, 5.74) is -0.545. The van der Waals surface area contributed by atoms with Crippen molar-refractivity contribution < 1.29 is 23.8 Å². The molecule has 1 N–H and O–H groups in total. The predicted octanol–water partition coefficient (Wildman–Crippen LogP) is 2.07. The fourth-order valence-corrected chi connectivity index (χ4v) is 0.985. The third-order valence-corrected chi connectivity index (χ3v) is 1.53. The number of cyclic esters (lactones) is 2. The van der Waals surface area contributed by atoms with Crippen molar-refractivity contribution in [2.24, 2.45) is 0 Å². The summed E-state index contributed by atoms with van der Waals surface area (Å²) >= 11 is 0. The molecule has 1 aliphatic rings. The first-order chi connectivity index (χ1) is 7.87. The first-order valence-electron chi connectivity index (χ1n) is 5.66. The maximum atomic E-state index is 11.3. The van der Waals surface area contributed by atoms with Gasteiger partial charge < -0.3 is 19.5 Å². The Kier molecular flexibility index (Phi) is 6.38. The Morgan fingerprint density at radius 3 is 2.18 bits per heavy atom. The molecule has 0 saturated carbocycles. The standard InChI is InChI=1S/C9H15NO5.C2H6/c1-9(2,3)15-7(11)10-6-4-13-8(12)14-5-6;1-2/h6H,4-5H2,1-3H3,(H,10,11);1-2H3. The van der Waals surface area contributed by atoms with Crippen molar-refractivity contribution in [1.29, 1.82) is 0 Å². The summed E-state index contributed by atoms with van der Waals surface area (Å²) in [5, 5.41) is 2.53. The van der Waals surface area contributed by atoms with Gasteiger partial charge in [-0.25, -0.2) is 9.59 Å². The molecule has 1 rings (SSSR count). The summed E-state index contributed by atoms with van der Waals surface area (Å²) in [6.45, 7) is 9.52. The summed E-state index contributed by atoms with van der Waals surface area (Å²) in [6.07, 6.45) is -1.26. The minimum absolute atomic E-state index is 0.109. The van der Waals surface area contributed by atoms with Gasteiger partial charge in [0.2, 0.25) is 0 Å². The molecule has 1 amide bonds. The second-order valence-corrected chi connectivity index (χ2v) is 4.22. The largest absolute Gasteiger partial charge is 0.508 e. The Balaban J connectivity index is 0.00000121. The van der Waals surface area contributed by atoms with E-state index >= 15 is 0 Å². The van der Waals surface area contributed by atoms with Crippen molar-refractivity contribution in [1.82, 2.24) is 5.32 Å². The van der Waals surface area contributed by atoms with Gasteiger partial charge in [-0.1, -0.05) is 13.8 Å². The van der Waals surface area contributed by atoms with Crippen LogP contribution in [-0.4, -0.2) is 37.1 Å². The van der Waals surface area contributed by atoms with Gasteiger partial charge in [-0.3, -0.25) is 0 Å². The van der Waals surface area contributed by atoms with Crippen LogP contribution in [0.25, 0.3) is 0 Å². The number of carbonyl (C=O) groups is 2. The van der Waals surface area contributed by atoms with Crippen LogP contribution >= 0.6 is 0 Å². The average molecular weight is 247 g/mol. The highest BCUT2D eigenvalue weighted by Gasteiger charge is 2.24. The van der Waals surface area contributed by atoms with E-state index in [2.05, 4.69) is 14.8 Å². The number of alkyl carbamates (subject to hydrolysis) is 1. The third-order valence-electron chi connectivity index (χ3n) is 1.53. The fourth-order valence-electron chi connectivity index (χ4n) is 0.985. The minimum atomic E-state index is -0.711. The molecule has 1 saturated heterocycles. The lowest BCUT2D eigenvalue weighted by Crippen LogP contribution is -2.47. The lowest BCUT2D eigenvalue weighted by Gasteiger charge is -2.25. The Bertz CT molecular complexity index is 249. The normalized spacial score (nSPS) is 15.9. The molecule has 0 bridgehead atoms. The van der Waals surface area contributed by atoms with E-state index in [1.807, 2.05) is 13.8 Å². The zero-order valence-corrected chi connectivity index (χ0v) is 11.0. The van der Waals surface area contributed by atoms with Crippen LogP contribution in [0.15, 0.2) is 0 Å². The first-order valence-corrected chi connectivity index (χ1v) is 5.66. The van der Waals surface area contributed by atoms with Crippen molar-refractivity contribution >= 4 is 12.2 Å². The SMILES string of the molecule is CC.CC(C)(C)OC(=O)NC1COC(=O)OC1. The lowest BCUT2D eigenvalue weighted by atomic mass is 10.2. The quantitative estimate of drug-likeness (QED) is 0.718. The van der Waals surface area contributed by atoms with Gasteiger partial charge in [0.1, 0.15) is 24.9 Å². The maximum Gasteiger partial charge on any atom is 0.508 e. The molecule has 0 spiro atoms. The second-order valence-electron chi connectivity index (χ2n) is 4.22. The van der Waals surface area contributed by atoms with Crippen molar-refractivity contribution in [2.75, 3.05) is 13.2 Å². The molecule has 1 fully saturated rings. The number of ether oxygens (including phenoxy) is 3. The Morgan fingerprint density at radius 1 is 1.29 bits per heavy atom. The molecule has 0 radical (unpaired) electrons. The van der Waals surface area contributed by atoms with Crippen LogP contribution in [0.5, 0.6) is 0 Å². The van der Waals surface area contributed by atoms with Crippen LogP contribution in [0.1, 0.15) is 34.6 Å². The fraction of sp³-hybridized carbons (Fsp3) is 0.818. The van der Waals surface area contributed by atoms with E-state index in [9.17, 15) is 9.59 Å². The van der Waals surface area contributed by atoms with Crippen molar-refractivity contribution in [3.05, 3.63) is 0 Å². The van der Waals surface area contributed by atoms with Crippen LogP contribution in [0.4, 0.5) is 9.59 Å². The van der Waals surface area contributed by atoms with Crippen LogP contribution in [0, 0.1) is 0 Å². The third kappa shape index (κ3) is 7.43. The van der Waals surface area contributed by atoms with Crippen LogP contribution in [-0.2, 0) is 14.2 Å². The van der Waals surface area contributed by atoms with Crippen molar-refractivity contribution in [3.63, 3.8) is 0 Å². The molecule has 0 atom stereocenters. The number of rotatable bonds is 1. The summed E-state index contributed by atoms with van der Waals surface area (Å²) in [4.78, 5) is 21.8. The minimum Gasteiger partial charge on any atom is -0.444 e. The summed E-state index contributed by atoms with van der Waals surface area (Å²) in [5.74, 6) is 0. The molecule has 100 valence electrons. The summed E-state index contributed by atoms with van der Waals surface area (Å²) in [6, 6.07) is -0.349. The van der Waals surface area contributed by atoms with Gasteiger partial charge in [0, 0.05) is 0 Å². The highest BCUT2D eigenvalue weighted by atomic mass is 16.7. The zero-order chi connectivity index (χ0) is 13.5. The molecule has 1 aliphatic heterocycles. The maximum absolute atomic E-state index is 11.3. The van der Waals surface area contributed by atoms with Gasteiger partial charge in [0.05, 0.1) is 0 Å². The number of hydrogen-bond acceptors (Lipinski definition) is 5. The van der Waals surface area contributed by atoms with Crippen LogP contribution in [0.2, 0.25) is 0 Å². The first kappa shape index (κ1) is 15.5.